The van der Waals surface area contributed by atoms with Gasteiger partial charge in [0.2, 0.25) is 5.75 Å². The average molecular weight is 306 g/mol. The van der Waals surface area contributed by atoms with Gasteiger partial charge in [-0.15, -0.1) is 11.3 Å². The van der Waals surface area contributed by atoms with Gasteiger partial charge in [0.15, 0.2) is 11.6 Å². The fraction of sp³-hybridized carbons (Fsp3) is 0.467. The van der Waals surface area contributed by atoms with Crippen LogP contribution in [0.4, 0.5) is 11.6 Å². The van der Waals surface area contributed by atoms with Crippen molar-refractivity contribution in [2.45, 2.75) is 33.2 Å². The molecule has 2 heterocycles. The van der Waals surface area contributed by atoms with Crippen LogP contribution in [0.5, 0.6) is 5.75 Å². The molecule has 2 aromatic rings. The number of nitrogens with zero attached hydrogens (tertiary/aromatic N) is 2. The molecule has 2 aromatic heterocycles. The Bertz CT molecular complexity index is 585. The van der Waals surface area contributed by atoms with E-state index < -0.39 is 0 Å². The molecular weight excluding hydrogens is 284 g/mol. The summed E-state index contributed by atoms with van der Waals surface area (Å²) in [5, 5.41) is 6.59. The van der Waals surface area contributed by atoms with Crippen LogP contribution in [-0.4, -0.2) is 29.7 Å². The maximum absolute atomic E-state index is 5.44. The number of anilines is 2. The number of rotatable bonds is 7. The first-order valence-electron chi connectivity index (χ1n) is 7.08. The van der Waals surface area contributed by atoms with Crippen molar-refractivity contribution in [3.63, 3.8) is 0 Å². The maximum Gasteiger partial charge on any atom is 0.204 e. The lowest BCUT2D eigenvalue weighted by Gasteiger charge is -2.17. The Morgan fingerprint density at radius 3 is 2.67 bits per heavy atom. The van der Waals surface area contributed by atoms with E-state index in [1.54, 1.807) is 13.4 Å². The molecule has 0 aromatic carbocycles. The third kappa shape index (κ3) is 4.07. The summed E-state index contributed by atoms with van der Waals surface area (Å²) in [5.74, 6) is 2.11. The molecule has 1 unspecified atom stereocenters. The minimum absolute atomic E-state index is 0.265. The summed E-state index contributed by atoms with van der Waals surface area (Å²) in [6, 6.07) is 4.60. The monoisotopic (exact) mass is 306 g/mol. The van der Waals surface area contributed by atoms with Gasteiger partial charge in [-0.3, -0.25) is 0 Å². The number of methoxy groups -OCH3 is 1. The second-order valence-corrected chi connectivity index (χ2v) is 6.27. The second-order valence-electron chi connectivity index (χ2n) is 4.90. The summed E-state index contributed by atoms with van der Waals surface area (Å²) in [4.78, 5) is 11.2. The topological polar surface area (TPSA) is 59.1 Å². The molecule has 1 atom stereocenters. The molecule has 2 rings (SSSR count). The van der Waals surface area contributed by atoms with Gasteiger partial charge in [0.1, 0.15) is 6.33 Å². The molecule has 21 heavy (non-hydrogen) atoms. The number of thiophene rings is 1. The zero-order chi connectivity index (χ0) is 15.2. The SMILES string of the molecule is CCNc1ncnc(NC(C)Cc2ccc(C)s2)c1OC. The first-order chi connectivity index (χ1) is 10.1. The smallest absolute Gasteiger partial charge is 0.204 e. The molecule has 2 N–H and O–H groups in total. The van der Waals surface area contributed by atoms with Gasteiger partial charge in [-0.2, -0.15) is 0 Å². The quantitative estimate of drug-likeness (QED) is 0.821. The highest BCUT2D eigenvalue weighted by Gasteiger charge is 2.14. The van der Waals surface area contributed by atoms with Crippen molar-refractivity contribution in [2.24, 2.45) is 0 Å². The predicted molar refractivity (Wildman–Crippen MR) is 88.6 cm³/mol. The molecule has 0 aliphatic heterocycles. The molecule has 0 radical (unpaired) electrons. The average Bonchev–Trinajstić information content (AvgIpc) is 2.84. The van der Waals surface area contributed by atoms with Crippen LogP contribution in [0.1, 0.15) is 23.6 Å². The third-order valence-corrected chi connectivity index (χ3v) is 4.06. The van der Waals surface area contributed by atoms with Gasteiger partial charge < -0.3 is 15.4 Å². The molecule has 0 saturated carbocycles. The standard InChI is InChI=1S/C15H22N4OS/c1-5-16-14-13(20-4)15(18-9-17-14)19-10(2)8-12-7-6-11(3)21-12/h6-7,9-10H,5,8H2,1-4H3,(H2,16,17,18,19). The van der Waals surface area contributed by atoms with E-state index in [2.05, 4.69) is 46.6 Å². The highest BCUT2D eigenvalue weighted by molar-refractivity contribution is 7.11. The van der Waals surface area contributed by atoms with Crippen LogP contribution >= 0.6 is 11.3 Å². The van der Waals surface area contributed by atoms with Crippen molar-refractivity contribution >= 4 is 23.0 Å². The van der Waals surface area contributed by atoms with E-state index in [4.69, 9.17) is 4.74 Å². The van der Waals surface area contributed by atoms with Crippen LogP contribution in [0.2, 0.25) is 0 Å². The molecule has 114 valence electrons. The van der Waals surface area contributed by atoms with E-state index in [0.29, 0.717) is 5.75 Å². The highest BCUT2D eigenvalue weighted by Crippen LogP contribution is 2.29. The van der Waals surface area contributed by atoms with Crippen molar-refractivity contribution in [3.8, 4) is 5.75 Å². The molecule has 0 saturated heterocycles. The van der Waals surface area contributed by atoms with Crippen molar-refractivity contribution in [1.29, 1.82) is 0 Å². The van der Waals surface area contributed by atoms with Crippen molar-refractivity contribution in [1.82, 2.24) is 9.97 Å². The van der Waals surface area contributed by atoms with Crippen molar-refractivity contribution in [3.05, 3.63) is 28.2 Å². The summed E-state index contributed by atoms with van der Waals surface area (Å²) < 4.78 is 5.44. The molecule has 5 nitrogen and oxygen atoms in total. The van der Waals surface area contributed by atoms with Gasteiger partial charge >= 0.3 is 0 Å². The number of aromatic nitrogens is 2. The Hall–Kier alpha value is -1.82. The third-order valence-electron chi connectivity index (χ3n) is 3.04. The Balaban J connectivity index is 2.09. The van der Waals surface area contributed by atoms with Gasteiger partial charge in [-0.1, -0.05) is 0 Å². The molecule has 0 amide bonds. The largest absolute Gasteiger partial charge is 0.490 e. The van der Waals surface area contributed by atoms with E-state index in [0.717, 1.165) is 24.6 Å². The molecule has 0 bridgehead atoms. The summed E-state index contributed by atoms with van der Waals surface area (Å²) in [6.07, 6.45) is 2.51. The Morgan fingerprint density at radius 2 is 2.05 bits per heavy atom. The maximum atomic E-state index is 5.44. The van der Waals surface area contributed by atoms with E-state index in [1.807, 2.05) is 18.3 Å². The molecule has 6 heteroatoms. The van der Waals surface area contributed by atoms with Gasteiger partial charge in [0.25, 0.3) is 0 Å². The van der Waals surface area contributed by atoms with Gasteiger partial charge in [-0.25, -0.2) is 9.97 Å². The molecule has 0 fully saturated rings. The molecule has 0 spiro atoms. The minimum atomic E-state index is 0.265. The van der Waals surface area contributed by atoms with Crippen LogP contribution in [0.25, 0.3) is 0 Å². The zero-order valence-electron chi connectivity index (χ0n) is 12.9. The van der Waals surface area contributed by atoms with E-state index >= 15 is 0 Å². The number of nitrogens with one attached hydrogen (secondary N) is 2. The fourth-order valence-corrected chi connectivity index (χ4v) is 3.16. The number of aryl methyl sites for hydroxylation is 1. The lowest BCUT2D eigenvalue weighted by atomic mass is 10.2. The summed E-state index contributed by atoms with van der Waals surface area (Å²) >= 11 is 1.83. The molecule has 0 aliphatic carbocycles. The van der Waals surface area contributed by atoms with E-state index in [-0.39, 0.29) is 6.04 Å². The van der Waals surface area contributed by atoms with Crippen LogP contribution in [0.3, 0.4) is 0 Å². The first-order valence-corrected chi connectivity index (χ1v) is 7.90. The normalized spacial score (nSPS) is 12.0. The summed E-state index contributed by atoms with van der Waals surface area (Å²) in [6.45, 7) is 7.08. The highest BCUT2D eigenvalue weighted by atomic mass is 32.1. The Kier molecular flexibility index (Phi) is 5.38. The number of hydrogen-bond acceptors (Lipinski definition) is 6. The molecular formula is C15H22N4OS. The summed E-state index contributed by atoms with van der Waals surface area (Å²) in [5.41, 5.74) is 0. The van der Waals surface area contributed by atoms with Gasteiger partial charge in [0.05, 0.1) is 7.11 Å². The summed E-state index contributed by atoms with van der Waals surface area (Å²) in [7, 11) is 1.64. The lowest BCUT2D eigenvalue weighted by molar-refractivity contribution is 0.414. The van der Waals surface area contributed by atoms with E-state index in [9.17, 15) is 0 Å². The Labute approximate surface area is 129 Å². The Morgan fingerprint density at radius 1 is 1.29 bits per heavy atom. The number of hydrogen-bond donors (Lipinski definition) is 2. The first kappa shape index (κ1) is 15.6. The zero-order valence-corrected chi connectivity index (χ0v) is 13.8. The van der Waals surface area contributed by atoms with Crippen LogP contribution < -0.4 is 15.4 Å². The van der Waals surface area contributed by atoms with Crippen molar-refractivity contribution < 1.29 is 4.74 Å². The molecule has 0 aliphatic rings. The second kappa shape index (κ2) is 7.26. The van der Waals surface area contributed by atoms with Gasteiger partial charge in [-0.05, 0) is 32.9 Å². The van der Waals surface area contributed by atoms with Gasteiger partial charge in [0, 0.05) is 28.8 Å². The van der Waals surface area contributed by atoms with Crippen LogP contribution in [0, 0.1) is 6.92 Å². The van der Waals surface area contributed by atoms with Crippen molar-refractivity contribution in [2.75, 3.05) is 24.3 Å². The predicted octanol–water partition coefficient (Wildman–Crippen LogP) is 3.33. The van der Waals surface area contributed by atoms with Crippen LogP contribution in [-0.2, 0) is 6.42 Å². The lowest BCUT2D eigenvalue weighted by Crippen LogP contribution is -2.19. The minimum Gasteiger partial charge on any atom is -0.490 e. The fourth-order valence-electron chi connectivity index (χ4n) is 2.14. The number of ether oxygens (including phenoxy) is 1. The van der Waals surface area contributed by atoms with Crippen LogP contribution in [0.15, 0.2) is 18.5 Å². The van der Waals surface area contributed by atoms with E-state index in [1.165, 1.54) is 9.75 Å².